The quantitative estimate of drug-likeness (QED) is 0.451. The molecule has 1 aromatic rings. The summed E-state index contributed by atoms with van der Waals surface area (Å²) in [5.74, 6) is 0.663. The van der Waals surface area contributed by atoms with Gasteiger partial charge in [0.15, 0.2) is 5.17 Å². The van der Waals surface area contributed by atoms with Gasteiger partial charge >= 0.3 is 0 Å². The Bertz CT molecular complexity index is 1300. The summed E-state index contributed by atoms with van der Waals surface area (Å²) in [6.07, 6.45) is 18.3. The monoisotopic (exact) mass is 467 g/mol. The third kappa shape index (κ3) is 2.72. The van der Waals surface area contributed by atoms with Gasteiger partial charge in [0.2, 0.25) is 0 Å². The summed E-state index contributed by atoms with van der Waals surface area (Å²) in [6.45, 7) is 1.88. The smallest absolute Gasteiger partial charge is 0.168 e. The molecule has 3 aliphatic carbocycles. The standard InChI is InChI=1S/C28H29N5S/c1-2-7-23-18(5-1)15-19-6-3-4-12-28(19)31-22-10-8-20(16-24(22)33(23)28)30-21-9-11-26-25(17-21)32-14-13-29-27(32)34-26/h8-11,16-17,19H,1-7,12-15H2/t19?,28-/m0/s1. The molecule has 34 heavy (non-hydrogen) atoms. The molecule has 0 amide bonds. The van der Waals surface area contributed by atoms with E-state index >= 15 is 0 Å². The van der Waals surface area contributed by atoms with Gasteiger partial charge in [-0.15, -0.1) is 0 Å². The average Bonchev–Trinajstić information content (AvgIpc) is 3.54. The maximum atomic E-state index is 5.48. The number of hydrogen-bond donors (Lipinski definition) is 0. The first-order valence-electron chi connectivity index (χ1n) is 13.0. The Morgan fingerprint density at radius 1 is 1.09 bits per heavy atom. The van der Waals surface area contributed by atoms with E-state index in [0.29, 0.717) is 5.92 Å². The molecule has 1 unspecified atom stereocenters. The van der Waals surface area contributed by atoms with Crippen molar-refractivity contribution in [3.05, 3.63) is 53.4 Å². The van der Waals surface area contributed by atoms with Crippen molar-refractivity contribution in [3.8, 4) is 0 Å². The molecule has 4 aliphatic heterocycles. The average molecular weight is 468 g/mol. The molecule has 4 heterocycles. The zero-order chi connectivity index (χ0) is 22.3. The van der Waals surface area contributed by atoms with Crippen molar-refractivity contribution in [3.63, 3.8) is 0 Å². The predicted octanol–water partition coefficient (Wildman–Crippen LogP) is 6.37. The van der Waals surface area contributed by atoms with Crippen LogP contribution in [0.1, 0.15) is 57.8 Å². The Labute approximate surface area is 205 Å². The van der Waals surface area contributed by atoms with Crippen molar-refractivity contribution in [2.24, 2.45) is 20.9 Å². The van der Waals surface area contributed by atoms with Gasteiger partial charge in [0.05, 0.1) is 35.0 Å². The van der Waals surface area contributed by atoms with Gasteiger partial charge in [0.1, 0.15) is 5.66 Å². The Balaban J connectivity index is 1.20. The Morgan fingerprint density at radius 3 is 3.06 bits per heavy atom. The van der Waals surface area contributed by atoms with Crippen molar-refractivity contribution in [1.29, 1.82) is 0 Å². The van der Waals surface area contributed by atoms with Crippen LogP contribution in [0.3, 0.4) is 0 Å². The number of fused-ring (bicyclic) bond motifs is 6. The summed E-state index contributed by atoms with van der Waals surface area (Å²) >= 11 is 1.78. The topological polar surface area (TPSA) is 43.6 Å². The highest BCUT2D eigenvalue weighted by atomic mass is 32.2. The molecule has 0 N–H and O–H groups in total. The van der Waals surface area contributed by atoms with Crippen LogP contribution < -0.4 is 4.90 Å². The van der Waals surface area contributed by atoms with Crippen LogP contribution in [-0.2, 0) is 0 Å². The van der Waals surface area contributed by atoms with E-state index in [1.54, 1.807) is 23.0 Å². The highest BCUT2D eigenvalue weighted by molar-refractivity contribution is 8.14. The van der Waals surface area contributed by atoms with Gasteiger partial charge in [-0.25, -0.2) is 4.99 Å². The van der Waals surface area contributed by atoms with Crippen molar-refractivity contribution < 1.29 is 0 Å². The van der Waals surface area contributed by atoms with Gasteiger partial charge in [-0.1, -0.05) is 12.0 Å². The molecule has 2 atom stereocenters. The molecule has 172 valence electrons. The van der Waals surface area contributed by atoms with Crippen LogP contribution in [0.4, 0.5) is 11.4 Å². The normalized spacial score (nSPS) is 31.9. The van der Waals surface area contributed by atoms with Crippen molar-refractivity contribution in [2.75, 3.05) is 18.0 Å². The molecule has 1 aromatic carbocycles. The molecule has 7 aliphatic rings. The van der Waals surface area contributed by atoms with E-state index in [-0.39, 0.29) is 5.66 Å². The number of rotatable bonds is 1. The summed E-state index contributed by atoms with van der Waals surface area (Å²) in [5, 5.41) is 1.14. The number of amidine groups is 1. The lowest BCUT2D eigenvalue weighted by atomic mass is 9.70. The van der Waals surface area contributed by atoms with Crippen molar-refractivity contribution in [2.45, 2.75) is 68.3 Å². The molecule has 6 heteroatoms. The molecule has 0 aromatic heterocycles. The van der Waals surface area contributed by atoms with Crippen LogP contribution in [0.25, 0.3) is 0 Å². The largest absolute Gasteiger partial charge is 0.318 e. The van der Waals surface area contributed by atoms with Crippen molar-refractivity contribution >= 4 is 39.7 Å². The third-order valence-electron chi connectivity index (χ3n) is 8.71. The minimum atomic E-state index is -0.0360. The highest BCUT2D eigenvalue weighted by Crippen LogP contribution is 2.56. The zero-order valence-corrected chi connectivity index (χ0v) is 20.3. The summed E-state index contributed by atoms with van der Waals surface area (Å²) in [6, 6.07) is 6.58. The molecule has 0 radical (unpaired) electrons. The predicted molar refractivity (Wildman–Crippen MR) is 140 cm³/mol. The van der Waals surface area contributed by atoms with E-state index in [1.165, 1.54) is 79.8 Å². The number of aliphatic imine (C=N–C) groups is 3. The van der Waals surface area contributed by atoms with Gasteiger partial charge in [0.25, 0.3) is 0 Å². The van der Waals surface area contributed by atoms with Gasteiger partial charge in [-0.2, -0.15) is 0 Å². The lowest BCUT2D eigenvalue weighted by Crippen LogP contribution is -2.53. The first-order chi connectivity index (χ1) is 16.8. The van der Waals surface area contributed by atoms with Crippen LogP contribution in [0.5, 0.6) is 0 Å². The van der Waals surface area contributed by atoms with Crippen LogP contribution in [0.15, 0.2) is 73.3 Å². The van der Waals surface area contributed by atoms with E-state index in [0.717, 1.165) is 29.7 Å². The summed E-state index contributed by atoms with van der Waals surface area (Å²) in [4.78, 5) is 21.5. The fraction of sp³-hybridized carbons (Fsp3) is 0.464. The second-order valence-electron chi connectivity index (χ2n) is 10.6. The molecule has 0 saturated heterocycles. The summed E-state index contributed by atoms with van der Waals surface area (Å²) in [7, 11) is 0. The van der Waals surface area contributed by atoms with Crippen molar-refractivity contribution in [1.82, 2.24) is 4.90 Å². The lowest BCUT2D eigenvalue weighted by molar-refractivity contribution is 0.0498. The van der Waals surface area contributed by atoms with Crippen LogP contribution >= 0.6 is 11.8 Å². The Morgan fingerprint density at radius 2 is 2.06 bits per heavy atom. The molecule has 5 nitrogen and oxygen atoms in total. The number of hydrogen-bond acceptors (Lipinski definition) is 6. The van der Waals surface area contributed by atoms with Gasteiger partial charge in [0, 0.05) is 23.1 Å². The van der Waals surface area contributed by atoms with E-state index in [1.807, 2.05) is 0 Å². The molecular weight excluding hydrogens is 438 g/mol. The van der Waals surface area contributed by atoms with Crippen LogP contribution in [-0.4, -0.2) is 40.2 Å². The number of anilines is 1. The van der Waals surface area contributed by atoms with Crippen LogP contribution in [0.2, 0.25) is 0 Å². The number of thioether (sulfide) groups is 1. The number of benzene rings is 1. The van der Waals surface area contributed by atoms with Gasteiger partial charge in [-0.3, -0.25) is 9.98 Å². The number of nitrogens with zero attached hydrogens (tertiary/aromatic N) is 5. The SMILES string of the molecule is C1=CC2=N[C@]34CCCCC3CC3=C(CCCC3)N4C2=CC1=Nc1ccc2c(c1)N1CCN=C1S2. The second-order valence-corrected chi connectivity index (χ2v) is 11.6. The first kappa shape index (κ1) is 19.7. The van der Waals surface area contributed by atoms with E-state index < -0.39 is 0 Å². The molecule has 1 saturated carbocycles. The Kier molecular flexibility index (Phi) is 4.17. The maximum Gasteiger partial charge on any atom is 0.168 e. The van der Waals surface area contributed by atoms with E-state index in [4.69, 9.17) is 9.98 Å². The maximum absolute atomic E-state index is 5.48. The minimum absolute atomic E-state index is 0.0360. The summed E-state index contributed by atoms with van der Waals surface area (Å²) < 4.78 is 0. The van der Waals surface area contributed by atoms with Gasteiger partial charge in [-0.05, 0) is 99.6 Å². The number of allylic oxidation sites excluding steroid dienone is 5. The molecule has 0 bridgehead atoms. The lowest BCUT2D eigenvalue weighted by Gasteiger charge is -2.52. The summed E-state index contributed by atoms with van der Waals surface area (Å²) in [5.41, 5.74) is 9.06. The first-order valence-corrected chi connectivity index (χ1v) is 13.8. The molecule has 8 rings (SSSR count). The van der Waals surface area contributed by atoms with E-state index in [2.05, 4.69) is 51.2 Å². The van der Waals surface area contributed by atoms with E-state index in [9.17, 15) is 0 Å². The Hall–Kier alpha value is -2.60. The van der Waals surface area contributed by atoms with Crippen LogP contribution in [0, 0.1) is 5.92 Å². The highest BCUT2D eigenvalue weighted by Gasteiger charge is 2.55. The fourth-order valence-electron chi connectivity index (χ4n) is 7.22. The third-order valence-corrected chi connectivity index (χ3v) is 9.81. The fourth-order valence-corrected chi connectivity index (χ4v) is 8.28. The zero-order valence-electron chi connectivity index (χ0n) is 19.5. The molecule has 1 fully saturated rings. The molecule has 1 spiro atoms. The molecular formula is C28H29N5S. The van der Waals surface area contributed by atoms with Gasteiger partial charge < -0.3 is 9.80 Å². The second kappa shape index (κ2) is 7.20. The minimum Gasteiger partial charge on any atom is -0.318 e.